The number of anilines is 2. The van der Waals surface area contributed by atoms with Crippen LogP contribution < -0.4 is 10.5 Å². The van der Waals surface area contributed by atoms with Crippen LogP contribution in [0.1, 0.15) is 5.56 Å². The van der Waals surface area contributed by atoms with Crippen molar-refractivity contribution < 1.29 is 12.8 Å². The van der Waals surface area contributed by atoms with Crippen LogP contribution in [0.25, 0.3) is 0 Å². The molecule has 112 valence electrons. The van der Waals surface area contributed by atoms with Crippen molar-refractivity contribution in [3.63, 3.8) is 0 Å². The lowest BCUT2D eigenvalue weighted by Gasteiger charge is -2.11. The van der Waals surface area contributed by atoms with Gasteiger partial charge in [-0.3, -0.25) is 4.72 Å². The summed E-state index contributed by atoms with van der Waals surface area (Å²) in [5.41, 5.74) is 5.97. The van der Waals surface area contributed by atoms with Gasteiger partial charge in [0.25, 0.3) is 10.0 Å². The summed E-state index contributed by atoms with van der Waals surface area (Å²) in [4.78, 5) is -0.283. The largest absolute Gasteiger partial charge is 0.398 e. The van der Waals surface area contributed by atoms with Gasteiger partial charge in [-0.15, -0.1) is 0 Å². The Morgan fingerprint density at radius 3 is 2.43 bits per heavy atom. The Kier molecular flexibility index (Phi) is 4.32. The lowest BCUT2D eigenvalue weighted by Crippen LogP contribution is -2.14. The summed E-state index contributed by atoms with van der Waals surface area (Å²) in [7, 11) is -4.01. The van der Waals surface area contributed by atoms with Crippen molar-refractivity contribution in [3.8, 4) is 0 Å². The summed E-state index contributed by atoms with van der Waals surface area (Å²) in [6.45, 7) is 1.46. The van der Waals surface area contributed by atoms with E-state index < -0.39 is 15.8 Å². The summed E-state index contributed by atoms with van der Waals surface area (Å²) >= 11 is 11.6. The first-order valence-electron chi connectivity index (χ1n) is 5.74. The molecule has 4 nitrogen and oxygen atoms in total. The van der Waals surface area contributed by atoms with Crippen LogP contribution in [0.2, 0.25) is 10.0 Å². The van der Waals surface area contributed by atoms with E-state index in [1.807, 2.05) is 0 Å². The van der Waals surface area contributed by atoms with Crippen molar-refractivity contribution in [2.24, 2.45) is 0 Å². The van der Waals surface area contributed by atoms with E-state index >= 15 is 0 Å². The molecule has 2 aromatic rings. The molecule has 0 unspecified atom stereocenters. The van der Waals surface area contributed by atoms with Crippen molar-refractivity contribution in [2.75, 3.05) is 10.5 Å². The maximum absolute atomic E-state index is 13.6. The highest BCUT2D eigenvalue weighted by Gasteiger charge is 2.18. The highest BCUT2D eigenvalue weighted by molar-refractivity contribution is 7.92. The quantitative estimate of drug-likeness (QED) is 0.828. The summed E-state index contributed by atoms with van der Waals surface area (Å²) in [6, 6.07) is 6.37. The van der Waals surface area contributed by atoms with E-state index in [0.717, 1.165) is 6.07 Å². The SMILES string of the molecule is Cc1c(N)cc(S(=O)(=O)Nc2ccc(Cl)cc2Cl)cc1F. The predicted octanol–water partition coefficient (Wildman–Crippen LogP) is 3.82. The zero-order chi connectivity index (χ0) is 15.8. The molecule has 0 aliphatic rings. The van der Waals surface area contributed by atoms with Gasteiger partial charge in [0.05, 0.1) is 15.6 Å². The Balaban J connectivity index is 2.43. The average molecular weight is 349 g/mol. The third kappa shape index (κ3) is 3.40. The number of hydrogen-bond donors (Lipinski definition) is 2. The van der Waals surface area contributed by atoms with Crippen molar-refractivity contribution in [2.45, 2.75) is 11.8 Å². The monoisotopic (exact) mass is 348 g/mol. The molecule has 8 heteroatoms. The summed E-state index contributed by atoms with van der Waals surface area (Å²) in [6.07, 6.45) is 0. The molecular formula is C13H11Cl2FN2O2S. The number of halogens is 3. The molecule has 0 heterocycles. The number of hydrogen-bond acceptors (Lipinski definition) is 3. The van der Waals surface area contributed by atoms with E-state index in [9.17, 15) is 12.8 Å². The van der Waals surface area contributed by atoms with E-state index in [4.69, 9.17) is 28.9 Å². The summed E-state index contributed by atoms with van der Waals surface area (Å²) in [5.74, 6) is -0.697. The van der Waals surface area contributed by atoms with Gasteiger partial charge in [0.2, 0.25) is 0 Å². The van der Waals surface area contributed by atoms with E-state index in [0.29, 0.717) is 5.02 Å². The van der Waals surface area contributed by atoms with Crippen LogP contribution in [0, 0.1) is 12.7 Å². The van der Waals surface area contributed by atoms with Crippen LogP contribution in [-0.2, 0) is 10.0 Å². The number of nitrogen functional groups attached to an aromatic ring is 1. The molecule has 0 atom stereocenters. The maximum Gasteiger partial charge on any atom is 0.262 e. The minimum atomic E-state index is -4.01. The first-order chi connectivity index (χ1) is 9.70. The van der Waals surface area contributed by atoms with Crippen LogP contribution in [0.15, 0.2) is 35.2 Å². The normalized spacial score (nSPS) is 11.4. The van der Waals surface area contributed by atoms with E-state index in [1.54, 1.807) is 0 Å². The highest BCUT2D eigenvalue weighted by atomic mass is 35.5. The highest BCUT2D eigenvalue weighted by Crippen LogP contribution is 2.28. The van der Waals surface area contributed by atoms with Gasteiger partial charge in [-0.1, -0.05) is 23.2 Å². The predicted molar refractivity (Wildman–Crippen MR) is 82.8 cm³/mol. The standard InChI is InChI=1S/C13H11Cl2FN2O2S/c1-7-11(16)5-9(6-12(7)17)21(19,20)18-13-3-2-8(14)4-10(13)15/h2-6,18H,17H2,1H3. The smallest absolute Gasteiger partial charge is 0.262 e. The molecule has 0 aromatic heterocycles. The fraction of sp³-hybridized carbons (Fsp3) is 0.0769. The number of nitrogens with two attached hydrogens (primary N) is 1. The first kappa shape index (κ1) is 15.9. The Hall–Kier alpha value is -1.50. The molecule has 21 heavy (non-hydrogen) atoms. The molecule has 0 spiro atoms. The molecule has 0 fully saturated rings. The fourth-order valence-corrected chi connectivity index (χ4v) is 3.24. The Morgan fingerprint density at radius 2 is 1.86 bits per heavy atom. The summed E-state index contributed by atoms with van der Waals surface area (Å²) in [5, 5.41) is 0.500. The molecular weight excluding hydrogens is 338 g/mol. The zero-order valence-corrected chi connectivity index (χ0v) is 13.2. The lowest BCUT2D eigenvalue weighted by atomic mass is 10.2. The van der Waals surface area contributed by atoms with Gasteiger partial charge < -0.3 is 5.73 Å². The molecule has 0 saturated heterocycles. The topological polar surface area (TPSA) is 72.2 Å². The Morgan fingerprint density at radius 1 is 1.19 bits per heavy atom. The minimum Gasteiger partial charge on any atom is -0.398 e. The van der Waals surface area contributed by atoms with Gasteiger partial charge in [-0.25, -0.2) is 12.8 Å². The number of nitrogens with one attached hydrogen (secondary N) is 1. The molecule has 0 aliphatic carbocycles. The molecule has 0 amide bonds. The van der Waals surface area contributed by atoms with Crippen LogP contribution in [0.5, 0.6) is 0 Å². The van der Waals surface area contributed by atoms with E-state index in [1.165, 1.54) is 31.2 Å². The molecule has 0 aliphatic heterocycles. The average Bonchev–Trinajstić information content (AvgIpc) is 2.38. The van der Waals surface area contributed by atoms with Gasteiger partial charge in [0.15, 0.2) is 0 Å². The second-order valence-electron chi connectivity index (χ2n) is 4.35. The minimum absolute atomic E-state index is 0.0533. The van der Waals surface area contributed by atoms with E-state index in [-0.39, 0.29) is 26.9 Å². The molecule has 2 rings (SSSR count). The van der Waals surface area contributed by atoms with Crippen molar-refractivity contribution >= 4 is 44.6 Å². The number of benzene rings is 2. The van der Waals surface area contributed by atoms with Gasteiger partial charge in [-0.05, 0) is 37.3 Å². The van der Waals surface area contributed by atoms with Crippen LogP contribution in [0.4, 0.5) is 15.8 Å². The number of rotatable bonds is 3. The maximum atomic E-state index is 13.6. The van der Waals surface area contributed by atoms with Crippen LogP contribution in [0.3, 0.4) is 0 Å². The second-order valence-corrected chi connectivity index (χ2v) is 6.88. The van der Waals surface area contributed by atoms with Gasteiger partial charge in [0.1, 0.15) is 5.82 Å². The van der Waals surface area contributed by atoms with Gasteiger partial charge in [-0.2, -0.15) is 0 Å². The van der Waals surface area contributed by atoms with Gasteiger partial charge >= 0.3 is 0 Å². The second kappa shape index (κ2) is 5.71. The van der Waals surface area contributed by atoms with Crippen molar-refractivity contribution in [1.29, 1.82) is 0 Å². The molecule has 0 saturated carbocycles. The third-order valence-corrected chi connectivity index (χ3v) is 4.74. The molecule has 2 aromatic carbocycles. The number of sulfonamides is 1. The van der Waals surface area contributed by atoms with Crippen LogP contribution in [-0.4, -0.2) is 8.42 Å². The Labute approximate surface area is 131 Å². The third-order valence-electron chi connectivity index (χ3n) is 2.84. The van der Waals surface area contributed by atoms with Crippen LogP contribution >= 0.6 is 23.2 Å². The van der Waals surface area contributed by atoms with Crippen molar-refractivity contribution in [3.05, 3.63) is 51.8 Å². The molecule has 0 bridgehead atoms. The first-order valence-corrected chi connectivity index (χ1v) is 7.98. The van der Waals surface area contributed by atoms with E-state index in [2.05, 4.69) is 4.72 Å². The summed E-state index contributed by atoms with van der Waals surface area (Å²) < 4.78 is 40.3. The van der Waals surface area contributed by atoms with Gasteiger partial charge in [0, 0.05) is 16.3 Å². The fourth-order valence-electron chi connectivity index (χ4n) is 1.61. The molecule has 3 N–H and O–H groups in total. The lowest BCUT2D eigenvalue weighted by molar-refractivity contribution is 0.593. The molecule has 0 radical (unpaired) electrons. The van der Waals surface area contributed by atoms with Crippen molar-refractivity contribution in [1.82, 2.24) is 0 Å². The zero-order valence-electron chi connectivity index (χ0n) is 10.8. The Bertz CT molecular complexity index is 787.